The molecule has 0 saturated heterocycles. The fourth-order valence-electron chi connectivity index (χ4n) is 1.64. The van der Waals surface area contributed by atoms with Crippen LogP contribution in [0.1, 0.15) is 5.56 Å². The quantitative estimate of drug-likeness (QED) is 0.735. The maximum atomic E-state index is 9.07. The SMILES string of the molecule is CN(C)C(=S)Oc1ccc(C#N)c2ccccc12. The Kier molecular flexibility index (Phi) is 3.45. The van der Waals surface area contributed by atoms with Crippen LogP contribution in [0, 0.1) is 11.3 Å². The zero-order valence-electron chi connectivity index (χ0n) is 10.2. The van der Waals surface area contributed by atoms with E-state index in [1.165, 1.54) is 0 Å². The maximum absolute atomic E-state index is 9.07. The molecule has 2 rings (SSSR count). The van der Waals surface area contributed by atoms with Crippen molar-refractivity contribution < 1.29 is 4.74 Å². The number of ether oxygens (including phenoxy) is 1. The first-order valence-corrected chi connectivity index (χ1v) is 5.85. The van der Waals surface area contributed by atoms with Gasteiger partial charge in [0.2, 0.25) is 0 Å². The van der Waals surface area contributed by atoms with Gasteiger partial charge in [-0.25, -0.2) is 0 Å². The Morgan fingerprint density at radius 3 is 2.44 bits per heavy atom. The van der Waals surface area contributed by atoms with E-state index in [1.54, 1.807) is 17.0 Å². The second-order valence-electron chi connectivity index (χ2n) is 4.03. The van der Waals surface area contributed by atoms with Crippen LogP contribution in [0.15, 0.2) is 36.4 Å². The van der Waals surface area contributed by atoms with E-state index in [0.717, 1.165) is 10.8 Å². The highest BCUT2D eigenvalue weighted by Crippen LogP contribution is 2.28. The van der Waals surface area contributed by atoms with E-state index in [9.17, 15) is 0 Å². The van der Waals surface area contributed by atoms with Gasteiger partial charge >= 0.3 is 0 Å². The average Bonchev–Trinajstić information content (AvgIpc) is 2.39. The second-order valence-corrected chi connectivity index (χ2v) is 4.38. The van der Waals surface area contributed by atoms with Gasteiger partial charge in [-0.3, -0.25) is 0 Å². The largest absolute Gasteiger partial charge is 0.431 e. The first kappa shape index (κ1) is 12.3. The fraction of sp³-hybridized carbons (Fsp3) is 0.143. The van der Waals surface area contributed by atoms with Crippen LogP contribution in [0.3, 0.4) is 0 Å². The van der Waals surface area contributed by atoms with Gasteiger partial charge in [-0.1, -0.05) is 24.3 Å². The van der Waals surface area contributed by atoms with Crippen molar-refractivity contribution in [2.45, 2.75) is 0 Å². The molecule has 4 heteroatoms. The molecular formula is C14H12N2OS. The molecule has 0 aliphatic heterocycles. The predicted molar refractivity (Wildman–Crippen MR) is 75.6 cm³/mol. The molecule has 0 atom stereocenters. The molecule has 0 bridgehead atoms. The van der Waals surface area contributed by atoms with Gasteiger partial charge in [0.1, 0.15) is 5.75 Å². The highest BCUT2D eigenvalue weighted by molar-refractivity contribution is 7.80. The molecule has 2 aromatic carbocycles. The topological polar surface area (TPSA) is 36.3 Å². The molecule has 90 valence electrons. The van der Waals surface area contributed by atoms with Gasteiger partial charge in [0.15, 0.2) is 0 Å². The summed E-state index contributed by atoms with van der Waals surface area (Å²) in [6.45, 7) is 0. The van der Waals surface area contributed by atoms with Crippen LogP contribution in [0.25, 0.3) is 10.8 Å². The van der Waals surface area contributed by atoms with Gasteiger partial charge in [-0.15, -0.1) is 0 Å². The lowest BCUT2D eigenvalue weighted by Crippen LogP contribution is -2.25. The van der Waals surface area contributed by atoms with Crippen molar-refractivity contribution in [3.63, 3.8) is 0 Å². The number of nitriles is 1. The van der Waals surface area contributed by atoms with E-state index in [4.69, 9.17) is 22.2 Å². The summed E-state index contributed by atoms with van der Waals surface area (Å²) < 4.78 is 5.64. The molecule has 0 N–H and O–H groups in total. The van der Waals surface area contributed by atoms with E-state index in [-0.39, 0.29) is 0 Å². The summed E-state index contributed by atoms with van der Waals surface area (Å²) in [5.74, 6) is 0.670. The normalized spacial score (nSPS) is 9.83. The average molecular weight is 256 g/mol. The van der Waals surface area contributed by atoms with Gasteiger partial charge in [-0.2, -0.15) is 5.26 Å². The predicted octanol–water partition coefficient (Wildman–Crippen LogP) is 2.94. The van der Waals surface area contributed by atoms with Gasteiger partial charge in [0, 0.05) is 24.9 Å². The third-order valence-electron chi connectivity index (χ3n) is 2.57. The molecule has 0 radical (unpaired) electrons. The third kappa shape index (κ3) is 2.27. The lowest BCUT2D eigenvalue weighted by Gasteiger charge is -2.15. The third-order valence-corrected chi connectivity index (χ3v) is 3.02. The van der Waals surface area contributed by atoms with Gasteiger partial charge < -0.3 is 9.64 Å². The second kappa shape index (κ2) is 5.03. The Balaban J connectivity index is 2.54. The highest BCUT2D eigenvalue weighted by Gasteiger charge is 2.09. The lowest BCUT2D eigenvalue weighted by molar-refractivity contribution is 0.453. The number of benzene rings is 2. The summed E-state index contributed by atoms with van der Waals surface area (Å²) in [6.07, 6.45) is 0. The standard InChI is InChI=1S/C14H12N2OS/c1-16(2)14(18)17-13-8-7-10(9-15)11-5-3-4-6-12(11)13/h3-8H,1-2H3. The molecule has 0 saturated carbocycles. The molecule has 0 unspecified atom stereocenters. The van der Waals surface area contributed by atoms with Crippen LogP contribution < -0.4 is 4.74 Å². The number of hydrogen-bond donors (Lipinski definition) is 0. The van der Waals surface area contributed by atoms with Crippen molar-refractivity contribution in [3.8, 4) is 11.8 Å². The summed E-state index contributed by atoms with van der Waals surface area (Å²) in [7, 11) is 3.66. The van der Waals surface area contributed by atoms with Crippen molar-refractivity contribution in [2.75, 3.05) is 14.1 Å². The van der Waals surface area contributed by atoms with Gasteiger partial charge in [-0.05, 0) is 24.4 Å². The first-order chi connectivity index (χ1) is 8.63. The van der Waals surface area contributed by atoms with E-state index < -0.39 is 0 Å². The Morgan fingerprint density at radius 2 is 1.83 bits per heavy atom. The maximum Gasteiger partial charge on any atom is 0.264 e. The van der Waals surface area contributed by atoms with Gasteiger partial charge in [0.25, 0.3) is 5.17 Å². The molecule has 0 fully saturated rings. The lowest BCUT2D eigenvalue weighted by atomic mass is 10.0. The number of thiocarbonyl (C=S) groups is 1. The van der Waals surface area contributed by atoms with E-state index >= 15 is 0 Å². The minimum absolute atomic E-state index is 0.393. The summed E-state index contributed by atoms with van der Waals surface area (Å²) in [5.41, 5.74) is 0.633. The van der Waals surface area contributed by atoms with Crippen LogP contribution in [-0.4, -0.2) is 24.2 Å². The smallest absolute Gasteiger partial charge is 0.264 e. The summed E-state index contributed by atoms with van der Waals surface area (Å²) in [4.78, 5) is 1.72. The van der Waals surface area contributed by atoms with Crippen LogP contribution in [0.4, 0.5) is 0 Å². The summed E-state index contributed by atoms with van der Waals surface area (Å²) in [5, 5.41) is 11.2. The van der Waals surface area contributed by atoms with E-state index in [0.29, 0.717) is 16.5 Å². The first-order valence-electron chi connectivity index (χ1n) is 5.44. The van der Waals surface area contributed by atoms with E-state index in [1.807, 2.05) is 38.4 Å². The van der Waals surface area contributed by atoms with Crippen molar-refractivity contribution in [1.82, 2.24) is 4.90 Å². The molecule has 0 spiro atoms. The summed E-state index contributed by atoms with van der Waals surface area (Å²) >= 11 is 5.12. The molecule has 2 aromatic rings. The minimum Gasteiger partial charge on any atom is -0.431 e. The van der Waals surface area contributed by atoms with Crippen LogP contribution >= 0.6 is 12.2 Å². The molecule has 3 nitrogen and oxygen atoms in total. The summed E-state index contributed by atoms with van der Waals surface area (Å²) in [6, 6.07) is 13.3. The number of fused-ring (bicyclic) bond motifs is 1. The van der Waals surface area contributed by atoms with Crippen LogP contribution in [-0.2, 0) is 0 Å². The van der Waals surface area contributed by atoms with Gasteiger partial charge in [0.05, 0.1) is 11.6 Å². The molecule has 0 aliphatic rings. The van der Waals surface area contributed by atoms with Crippen molar-refractivity contribution >= 4 is 28.2 Å². The minimum atomic E-state index is 0.393. The van der Waals surface area contributed by atoms with Crippen LogP contribution in [0.5, 0.6) is 5.75 Å². The highest BCUT2D eigenvalue weighted by atomic mass is 32.1. The zero-order chi connectivity index (χ0) is 13.1. The molecular weight excluding hydrogens is 244 g/mol. The Labute approximate surface area is 111 Å². The van der Waals surface area contributed by atoms with Crippen molar-refractivity contribution in [3.05, 3.63) is 42.0 Å². The number of hydrogen-bond acceptors (Lipinski definition) is 3. The molecule has 0 aromatic heterocycles. The number of nitrogens with zero attached hydrogens (tertiary/aromatic N) is 2. The Bertz CT molecular complexity index is 644. The van der Waals surface area contributed by atoms with Crippen LogP contribution in [0.2, 0.25) is 0 Å². The molecule has 0 amide bonds. The monoisotopic (exact) mass is 256 g/mol. The Hall–Kier alpha value is -2.12. The van der Waals surface area contributed by atoms with E-state index in [2.05, 4.69) is 6.07 Å². The fourth-order valence-corrected chi connectivity index (χ4v) is 1.73. The zero-order valence-corrected chi connectivity index (χ0v) is 11.0. The molecule has 18 heavy (non-hydrogen) atoms. The van der Waals surface area contributed by atoms with Crippen molar-refractivity contribution in [2.24, 2.45) is 0 Å². The number of rotatable bonds is 1. The molecule has 0 heterocycles. The molecule has 0 aliphatic carbocycles. The van der Waals surface area contributed by atoms with Crippen molar-refractivity contribution in [1.29, 1.82) is 5.26 Å². The Morgan fingerprint density at radius 1 is 1.17 bits per heavy atom.